The van der Waals surface area contributed by atoms with Gasteiger partial charge in [0.25, 0.3) is 0 Å². The summed E-state index contributed by atoms with van der Waals surface area (Å²) in [6.07, 6.45) is -39.5. The Morgan fingerprint density at radius 3 is 0.847 bits per heavy atom. The monoisotopic (exact) mass is 2170 g/mol. The van der Waals surface area contributed by atoms with Crippen molar-refractivity contribution >= 4 is 146 Å². The lowest BCUT2D eigenvalue weighted by Crippen LogP contribution is -2.60. The van der Waals surface area contributed by atoms with Gasteiger partial charge in [-0.15, -0.1) is 47.7 Å². The summed E-state index contributed by atoms with van der Waals surface area (Å²) in [5, 5.41) is 186. The molecule has 0 aromatic rings. The van der Waals surface area contributed by atoms with Crippen molar-refractivity contribution in [2.24, 2.45) is 35.5 Å². The second-order valence-electron chi connectivity index (χ2n) is 27.7. The molecule has 7 fully saturated rings. The van der Waals surface area contributed by atoms with Crippen molar-refractivity contribution in [1.29, 1.82) is 0 Å². The second kappa shape index (κ2) is 67.1. The van der Waals surface area contributed by atoms with Gasteiger partial charge in [0.05, 0.1) is 134 Å². The van der Waals surface area contributed by atoms with E-state index < -0.39 is 302 Å². The molecule has 0 saturated carbocycles. The van der Waals surface area contributed by atoms with Gasteiger partial charge in [-0.3, -0.25) is 50.6 Å². The van der Waals surface area contributed by atoms with Crippen molar-refractivity contribution in [3.8, 4) is 0 Å². The minimum absolute atomic E-state index is 0.0445. The average Bonchev–Trinajstić information content (AvgIpc) is 0.723. The van der Waals surface area contributed by atoms with Crippen molar-refractivity contribution in [3.05, 3.63) is 0 Å². The van der Waals surface area contributed by atoms with Crippen LogP contribution in [0.15, 0.2) is 0 Å². The van der Waals surface area contributed by atoms with Crippen LogP contribution in [0.4, 0.5) is 0 Å². The number of ether oxygens (including phenoxy) is 13. The number of aliphatic hydroxyl groups excluding tert-OH is 4. The first-order valence-corrected chi connectivity index (χ1v) is 45.8. The first kappa shape index (κ1) is 119. The highest BCUT2D eigenvalue weighted by atomic mass is 32.3. The molecule has 774 valence electrons. The molecular formula is C54H96O65S12. The summed E-state index contributed by atoms with van der Waals surface area (Å²) in [6.45, 7) is 4.38. The molecular weight excluding hydrogens is 2070 g/mol. The Hall–Kier alpha value is 1.28. The Kier molecular flexibility index (Phi) is 61.0. The standard InChI is InChI=1S/C54H96O65S12/c1-20-39(55)52(97-131(70,71)72)40(56)35(79-20)16-74-9-28-29(10-75-17-36-48(92-126-115-104-65)31(44(23(4)82-36)88-122-111-100-61)12-78-18-37-50(94-128-117-106-67)41(57)46(25(6)83-37)90-124-113-102-63)42(86-120-109-98-59)21(2)80-33(28)14-73-8-27-30(11-76-19-38-51(95-129-118-107-68)53(96-130-119-108-69)47(26(7)84-38)91-125-114-103-64)43(87-121-110-99-60)22(3)81-34(27)15-77-13-32-45(89-123-112-101-62)24(5)85-54(58)49(32)93-127-116-105-66/h20-69H,8-19H2,1-7H3,(H,70,71,72)/t20?,21?,22?,23?,24?,25?,26?,27?,28?,29-,30-,31+,32+,33+,34+,35+,36+,37+,38+,39+,40?,41+,42+,43+,44+,45+,46+,47+,48?,49?,50?,51?,52+,53+,54?/m1/s1. The fourth-order valence-electron chi connectivity index (χ4n) is 14.9. The summed E-state index contributed by atoms with van der Waals surface area (Å²) >= 11 is 0.995. The Labute approximate surface area is 788 Å². The molecule has 0 amide bonds. The third-order valence-corrected chi connectivity index (χ3v) is 25.4. The third kappa shape index (κ3) is 39.0. The van der Waals surface area contributed by atoms with Crippen molar-refractivity contribution in [3.63, 3.8) is 0 Å². The van der Waals surface area contributed by atoms with Gasteiger partial charge < -0.3 is 82.0 Å². The molecule has 7 aliphatic rings. The molecule has 0 aliphatic carbocycles. The minimum atomic E-state index is -5.35. The van der Waals surface area contributed by atoms with E-state index in [4.69, 9.17) is 154 Å². The number of aliphatic hydroxyl groups is 4. The van der Waals surface area contributed by atoms with Crippen LogP contribution in [0.1, 0.15) is 48.5 Å². The second-order valence-corrected chi connectivity index (χ2v) is 33.8. The van der Waals surface area contributed by atoms with E-state index in [9.17, 15) is 49.2 Å². The number of rotatable bonds is 70. The highest BCUT2D eigenvalue weighted by molar-refractivity contribution is 7.91. The lowest BCUT2D eigenvalue weighted by atomic mass is 9.79. The first-order chi connectivity index (χ1) is 63.3. The summed E-state index contributed by atoms with van der Waals surface area (Å²) in [6, 6.07) is 0. The van der Waals surface area contributed by atoms with Crippen molar-refractivity contribution in [1.82, 2.24) is 0 Å². The molecule has 35 atom stereocenters. The Morgan fingerprint density at radius 1 is 0.221 bits per heavy atom. The molecule has 7 saturated heterocycles. The van der Waals surface area contributed by atoms with Gasteiger partial charge in [0, 0.05) is 35.5 Å². The van der Waals surface area contributed by atoms with E-state index in [0.717, 1.165) is 0 Å². The van der Waals surface area contributed by atoms with Crippen molar-refractivity contribution in [2.45, 2.75) is 226 Å². The maximum Gasteiger partial charge on any atom is 0.397 e. The van der Waals surface area contributed by atoms with E-state index >= 15 is 0 Å². The Balaban J connectivity index is 1.28. The lowest BCUT2D eigenvalue weighted by molar-refractivity contribution is -0.436. The highest BCUT2D eigenvalue weighted by Crippen LogP contribution is 2.45. The largest absolute Gasteiger partial charge is 0.397 e. The molecule has 131 heavy (non-hydrogen) atoms. The van der Waals surface area contributed by atoms with Crippen LogP contribution in [-0.2, 0) is 225 Å². The normalized spacial score (nSPS) is 36.8. The van der Waals surface area contributed by atoms with Crippen LogP contribution in [0.2, 0.25) is 0 Å². The van der Waals surface area contributed by atoms with Gasteiger partial charge in [0.15, 0.2) is 142 Å². The highest BCUT2D eigenvalue weighted by Gasteiger charge is 2.56. The number of hydrogen-bond donors (Lipinski definition) is 16. The van der Waals surface area contributed by atoms with Gasteiger partial charge in [-0.25, -0.2) is 62.0 Å². The van der Waals surface area contributed by atoms with E-state index in [0.29, 0.717) is 0 Å². The lowest BCUT2D eigenvalue weighted by Gasteiger charge is -2.47. The zero-order valence-corrected chi connectivity index (χ0v) is 77.5. The zero-order valence-electron chi connectivity index (χ0n) is 67.8. The first-order valence-electron chi connectivity index (χ1n) is 37.1. The molecule has 7 aliphatic heterocycles. The predicted molar refractivity (Wildman–Crippen MR) is 413 cm³/mol. The molecule has 7 heterocycles. The molecule has 0 radical (unpaired) electrons. The summed E-state index contributed by atoms with van der Waals surface area (Å²) in [4.78, 5) is 0. The molecule has 0 spiro atoms. The van der Waals surface area contributed by atoms with E-state index in [1.165, 1.54) is 41.5 Å². The van der Waals surface area contributed by atoms with Gasteiger partial charge in [0.2, 0.25) is 0 Å². The Bertz CT molecular complexity index is 3000. The molecule has 77 heteroatoms. The predicted octanol–water partition coefficient (Wildman–Crippen LogP) is 3.58. The van der Waals surface area contributed by atoms with Crippen LogP contribution in [0.3, 0.4) is 0 Å². The molecule has 7 rings (SSSR count). The van der Waals surface area contributed by atoms with Crippen LogP contribution in [0, 0.1) is 35.5 Å². The van der Waals surface area contributed by atoms with Gasteiger partial charge in [-0.05, 0) is 48.5 Å². The van der Waals surface area contributed by atoms with E-state index in [1.807, 2.05) is 0 Å². The van der Waals surface area contributed by atoms with Crippen LogP contribution in [0.5, 0.6) is 0 Å². The van der Waals surface area contributed by atoms with Crippen LogP contribution in [0.25, 0.3) is 0 Å². The van der Waals surface area contributed by atoms with Crippen LogP contribution >= 0.6 is 136 Å². The van der Waals surface area contributed by atoms with Gasteiger partial charge in [0.1, 0.15) is 116 Å². The van der Waals surface area contributed by atoms with Crippen molar-refractivity contribution < 1.29 is 306 Å². The topological polar surface area (TPSA) is 792 Å². The Morgan fingerprint density at radius 2 is 0.466 bits per heavy atom. The molecule has 15 unspecified atom stereocenters. The summed E-state index contributed by atoms with van der Waals surface area (Å²) in [7, 11) is -5.35. The van der Waals surface area contributed by atoms with Gasteiger partial charge in [-0.1, -0.05) is 55.4 Å². The van der Waals surface area contributed by atoms with Crippen LogP contribution in [-0.4, -0.2) is 348 Å². The maximum atomic E-state index is 12.1. The third-order valence-electron chi connectivity index (χ3n) is 20.4. The summed E-state index contributed by atoms with van der Waals surface area (Å²) in [5.74, 6) is -6.72. The average molecular weight is 2170 g/mol. The summed E-state index contributed by atoms with van der Waals surface area (Å²) in [5.41, 5.74) is 0. The van der Waals surface area contributed by atoms with Crippen molar-refractivity contribution in [2.75, 3.05) is 79.3 Å². The SMILES string of the molecule is CC1O[C@@H](COCC2[C@H](COCC3[C@H](COC[C@@H]4C(OSOOO)C(O)OC(C)[C@@H]4OSOOO)OC(C)[C@H](OSOOO)[C@@H]3COC[C@@H]3OC(C)[C@H](OSOOO)[C@H](OSOOO)C3OSOOO)OC(C)[C@H](OSOOO)[C@@H]2COC[C@@H]2OC(C)[C@H](OSOOO)[C@H](COC[C@@H]3OC(C)[C@H](OSOOO)[C@H](O)C3OSOOO)C2OSOOO)C(O)[C@@H](OS(=O)(=O)O)[C@H]1O. The molecule has 0 aromatic heterocycles. The smallest absolute Gasteiger partial charge is 0.388 e. The van der Waals surface area contributed by atoms with E-state index in [2.05, 4.69) is 103 Å². The minimum Gasteiger partial charge on any atom is -0.388 e. The fourth-order valence-corrected chi connectivity index (χ4v) is 20.0. The molecule has 16 N–H and O–H groups in total. The van der Waals surface area contributed by atoms with Gasteiger partial charge in [-0.2, -0.15) is 8.42 Å². The summed E-state index contributed by atoms with van der Waals surface area (Å²) < 4.78 is 235. The molecule has 0 aromatic carbocycles. The fraction of sp³-hybridized carbons (Fsp3) is 1.00. The number of hydrogen-bond acceptors (Lipinski definition) is 75. The molecule has 65 nitrogen and oxygen atoms in total. The van der Waals surface area contributed by atoms with E-state index in [1.54, 1.807) is 6.92 Å². The molecule has 0 bridgehead atoms. The van der Waals surface area contributed by atoms with Gasteiger partial charge >= 0.3 is 10.4 Å². The van der Waals surface area contributed by atoms with Crippen LogP contribution < -0.4 is 0 Å². The maximum absolute atomic E-state index is 12.1. The van der Waals surface area contributed by atoms with E-state index in [-0.39, 0.29) is 136 Å². The zero-order chi connectivity index (χ0) is 95.2. The quantitative estimate of drug-likeness (QED) is 0.0136.